The number of fused-ring (bicyclic) bond motifs is 4. The molecule has 264 valence electrons. The lowest BCUT2D eigenvalue weighted by atomic mass is 9.90. The fourth-order valence-corrected chi connectivity index (χ4v) is 9.05. The van der Waals surface area contributed by atoms with Crippen LogP contribution in [0.2, 0.25) is 0 Å². The lowest BCUT2D eigenvalue weighted by Gasteiger charge is -2.15. The van der Waals surface area contributed by atoms with Gasteiger partial charge in [0.15, 0.2) is 0 Å². The molecule has 0 unspecified atom stereocenters. The Morgan fingerprint density at radius 1 is 0.558 bits per heavy atom. The molecule has 4 aromatic carbocycles. The molecule has 6 aromatic rings. The molecule has 0 N–H and O–H groups in total. The average Bonchev–Trinajstić information content (AvgIpc) is 4.06. The zero-order valence-corrected chi connectivity index (χ0v) is 30.9. The lowest BCUT2D eigenvalue weighted by Crippen LogP contribution is -2.04. The molecule has 2 heterocycles. The Bertz CT molecular complexity index is 2220. The van der Waals surface area contributed by atoms with Gasteiger partial charge in [-0.3, -0.25) is 19.0 Å². The highest BCUT2D eigenvalue weighted by molar-refractivity contribution is 5.91. The van der Waals surface area contributed by atoms with Crippen LogP contribution < -0.4 is 0 Å². The molecule has 4 aliphatic rings. The molecule has 2 atom stereocenters. The van der Waals surface area contributed by atoms with Crippen molar-refractivity contribution in [3.05, 3.63) is 106 Å². The second-order valence-corrected chi connectivity index (χ2v) is 16.4. The molecule has 2 saturated carbocycles. The molecule has 0 bridgehead atoms. The van der Waals surface area contributed by atoms with Gasteiger partial charge in [0, 0.05) is 62.4 Å². The van der Waals surface area contributed by atoms with E-state index < -0.39 is 0 Å². The Kier molecular flexibility index (Phi) is 8.24. The first-order chi connectivity index (χ1) is 25.2. The van der Waals surface area contributed by atoms with Gasteiger partial charge in [-0.05, 0) is 119 Å². The number of rotatable bonds is 4. The first-order valence-corrected chi connectivity index (χ1v) is 19.4. The fourth-order valence-electron chi connectivity index (χ4n) is 9.05. The summed E-state index contributed by atoms with van der Waals surface area (Å²) in [4.78, 5) is 24.4. The molecule has 2 fully saturated rings. The van der Waals surface area contributed by atoms with E-state index in [0.717, 1.165) is 12.8 Å². The van der Waals surface area contributed by atoms with E-state index in [4.69, 9.17) is 10.2 Å². The zero-order valence-electron chi connectivity index (χ0n) is 30.9. The zero-order chi connectivity index (χ0) is 35.7. The van der Waals surface area contributed by atoms with Crippen molar-refractivity contribution in [1.29, 1.82) is 0 Å². The van der Waals surface area contributed by atoms with Gasteiger partial charge < -0.3 is 0 Å². The van der Waals surface area contributed by atoms with Crippen molar-refractivity contribution >= 4 is 33.4 Å². The molecule has 0 saturated heterocycles. The normalized spacial score (nSPS) is 20.2. The monoisotopic (exact) mass is 688 g/mol. The number of aryl methyl sites for hydroxylation is 2. The second-order valence-electron chi connectivity index (χ2n) is 16.4. The molecular formula is C46H48N4O2. The number of aromatic nitrogens is 4. The van der Waals surface area contributed by atoms with Crippen molar-refractivity contribution < 1.29 is 9.59 Å². The SMILES string of the molecule is C[C@@H]1CC(=O)Cc2cccc(-c3ccc4c(c3)c(C3CC3)nn4C)c2C1.C[C@H]1CC(=O)Cc2cccc(-c3ccc4c(c3)c(C3CC3)nn4C)c2C1. The van der Waals surface area contributed by atoms with Crippen molar-refractivity contribution in [2.24, 2.45) is 25.9 Å². The van der Waals surface area contributed by atoms with Crippen LogP contribution in [0.3, 0.4) is 0 Å². The Morgan fingerprint density at radius 2 is 0.981 bits per heavy atom. The van der Waals surface area contributed by atoms with Crippen LogP contribution in [0, 0.1) is 11.8 Å². The predicted molar refractivity (Wildman–Crippen MR) is 209 cm³/mol. The van der Waals surface area contributed by atoms with Crippen LogP contribution in [0.15, 0.2) is 72.8 Å². The van der Waals surface area contributed by atoms with Crippen LogP contribution in [-0.4, -0.2) is 31.1 Å². The first-order valence-electron chi connectivity index (χ1n) is 19.4. The number of hydrogen-bond acceptors (Lipinski definition) is 4. The summed E-state index contributed by atoms with van der Waals surface area (Å²) >= 11 is 0. The van der Waals surface area contributed by atoms with E-state index in [1.807, 2.05) is 23.5 Å². The smallest absolute Gasteiger partial charge is 0.137 e. The van der Waals surface area contributed by atoms with E-state index in [1.54, 1.807) is 0 Å². The van der Waals surface area contributed by atoms with E-state index in [2.05, 4.69) is 86.6 Å². The third-order valence-electron chi connectivity index (χ3n) is 11.9. The molecule has 0 amide bonds. The topological polar surface area (TPSA) is 69.8 Å². The van der Waals surface area contributed by atoms with Crippen molar-refractivity contribution in [2.75, 3.05) is 0 Å². The van der Waals surface area contributed by atoms with Crippen molar-refractivity contribution in [3.63, 3.8) is 0 Å². The standard InChI is InChI=1S/2C23H24N2O/c2*1-14-10-18(26)12-16-4-3-5-19(20(16)11-14)17-8-9-22-21(13-17)23(15-6-7-15)24-25(22)2/h2*3-5,8-9,13-15H,6-7,10-12H2,1-2H3/t2*14-/m10/s1. The number of nitrogens with zero attached hydrogens (tertiary/aromatic N) is 4. The van der Waals surface area contributed by atoms with Crippen LogP contribution in [-0.2, 0) is 49.4 Å². The van der Waals surface area contributed by atoms with Gasteiger partial charge in [-0.1, -0.05) is 62.4 Å². The summed E-state index contributed by atoms with van der Waals surface area (Å²) in [7, 11) is 4.07. The van der Waals surface area contributed by atoms with Gasteiger partial charge in [-0.15, -0.1) is 0 Å². The van der Waals surface area contributed by atoms with Gasteiger partial charge >= 0.3 is 0 Å². The second kappa shape index (κ2) is 13.0. The number of ketones is 2. The molecule has 10 rings (SSSR count). The number of Topliss-reactive ketones (excluding diaryl/α,β-unsaturated/α-hetero) is 2. The molecule has 0 spiro atoms. The van der Waals surface area contributed by atoms with Crippen LogP contribution >= 0.6 is 0 Å². The predicted octanol–water partition coefficient (Wildman–Crippen LogP) is 9.62. The summed E-state index contributed by atoms with van der Waals surface area (Å²) in [5.41, 5.74) is 15.2. The molecule has 52 heavy (non-hydrogen) atoms. The maximum Gasteiger partial charge on any atom is 0.137 e. The Labute approximate surface area is 306 Å². The largest absolute Gasteiger partial charge is 0.299 e. The number of carbonyl (C=O) groups is 2. The van der Waals surface area contributed by atoms with Gasteiger partial charge in [0.2, 0.25) is 0 Å². The molecule has 4 aliphatic carbocycles. The summed E-state index contributed by atoms with van der Waals surface area (Å²) < 4.78 is 4.03. The minimum atomic E-state index is 0.368. The van der Waals surface area contributed by atoms with Gasteiger partial charge in [0.1, 0.15) is 11.6 Å². The summed E-state index contributed by atoms with van der Waals surface area (Å²) in [5, 5.41) is 12.2. The van der Waals surface area contributed by atoms with E-state index in [0.29, 0.717) is 60.9 Å². The van der Waals surface area contributed by atoms with Gasteiger partial charge in [-0.25, -0.2) is 0 Å². The Morgan fingerprint density at radius 3 is 1.38 bits per heavy atom. The summed E-state index contributed by atoms with van der Waals surface area (Å²) in [6, 6.07) is 26.4. The molecule has 6 heteroatoms. The minimum absolute atomic E-state index is 0.368. The quantitative estimate of drug-likeness (QED) is 0.173. The maximum absolute atomic E-state index is 12.2. The summed E-state index contributed by atoms with van der Waals surface area (Å²) in [5.74, 6) is 2.83. The maximum atomic E-state index is 12.2. The van der Waals surface area contributed by atoms with Gasteiger partial charge in [0.25, 0.3) is 0 Å². The molecule has 2 aromatic heterocycles. The van der Waals surface area contributed by atoms with E-state index in [1.165, 1.54) is 103 Å². The fraction of sp³-hybridized carbons (Fsp3) is 0.391. The number of carbonyl (C=O) groups excluding carboxylic acids is 2. The summed E-state index contributed by atoms with van der Waals surface area (Å²) in [6.45, 7) is 4.39. The molecule has 0 aliphatic heterocycles. The first kappa shape index (κ1) is 33.0. The van der Waals surface area contributed by atoms with Crippen LogP contribution in [0.5, 0.6) is 0 Å². The third-order valence-corrected chi connectivity index (χ3v) is 11.9. The van der Waals surface area contributed by atoms with Crippen LogP contribution in [0.25, 0.3) is 44.1 Å². The molecule has 6 nitrogen and oxygen atoms in total. The Hall–Kier alpha value is -4.84. The van der Waals surface area contributed by atoms with E-state index in [9.17, 15) is 9.59 Å². The van der Waals surface area contributed by atoms with Crippen molar-refractivity contribution in [2.45, 2.75) is 89.9 Å². The molecule has 0 radical (unpaired) electrons. The summed E-state index contributed by atoms with van der Waals surface area (Å²) in [6.07, 6.45) is 9.56. The van der Waals surface area contributed by atoms with Gasteiger partial charge in [-0.2, -0.15) is 10.2 Å². The average molecular weight is 689 g/mol. The van der Waals surface area contributed by atoms with Gasteiger partial charge in [0.05, 0.1) is 22.4 Å². The van der Waals surface area contributed by atoms with Crippen molar-refractivity contribution in [1.82, 2.24) is 19.6 Å². The highest BCUT2D eigenvalue weighted by Crippen LogP contribution is 2.45. The van der Waals surface area contributed by atoms with Crippen LogP contribution in [0.4, 0.5) is 0 Å². The van der Waals surface area contributed by atoms with Crippen molar-refractivity contribution in [3.8, 4) is 22.3 Å². The third kappa shape index (κ3) is 6.20. The number of benzene rings is 4. The minimum Gasteiger partial charge on any atom is -0.299 e. The van der Waals surface area contributed by atoms with E-state index >= 15 is 0 Å². The van der Waals surface area contributed by atoms with Crippen LogP contribution in [0.1, 0.15) is 97.8 Å². The molecular weight excluding hydrogens is 641 g/mol. The lowest BCUT2D eigenvalue weighted by molar-refractivity contribution is -0.119. The highest BCUT2D eigenvalue weighted by Gasteiger charge is 2.30. The number of hydrogen-bond donors (Lipinski definition) is 0. The Balaban J connectivity index is 0.000000138. The van der Waals surface area contributed by atoms with E-state index in [-0.39, 0.29) is 0 Å². The highest BCUT2D eigenvalue weighted by atomic mass is 16.1.